The molecule has 4 N–H and O–H groups in total. The second-order valence-corrected chi connectivity index (χ2v) is 8.91. The Morgan fingerprint density at radius 3 is 2.71 bits per heavy atom. The van der Waals surface area contributed by atoms with E-state index in [0.717, 1.165) is 18.8 Å². The third-order valence-corrected chi connectivity index (χ3v) is 6.67. The van der Waals surface area contributed by atoms with Crippen LogP contribution in [0.25, 0.3) is 0 Å². The van der Waals surface area contributed by atoms with Gasteiger partial charge < -0.3 is 26.0 Å². The van der Waals surface area contributed by atoms with E-state index in [1.807, 2.05) is 23.1 Å². The van der Waals surface area contributed by atoms with Gasteiger partial charge in [-0.2, -0.15) is 0 Å². The lowest BCUT2D eigenvalue weighted by atomic mass is 10.1. The normalized spacial score (nSPS) is 17.9. The van der Waals surface area contributed by atoms with E-state index < -0.39 is 5.82 Å². The Bertz CT molecular complexity index is 1160. The minimum atomic E-state index is -0.532. The maximum absolute atomic E-state index is 14.0. The summed E-state index contributed by atoms with van der Waals surface area (Å²) in [6, 6.07) is 8.60. The van der Waals surface area contributed by atoms with Crippen molar-refractivity contribution in [2.45, 2.75) is 19.4 Å². The molecular formula is C24H27Cl2FN6O. The number of amidine groups is 2. The van der Waals surface area contributed by atoms with Crippen molar-refractivity contribution < 1.29 is 9.13 Å². The first kappa shape index (κ1) is 24.2. The SMILES string of the molecule is COc1cc(N2CCCC2)ccc1N=C(N)/C=C1\C(N)=NCCN1Cc1c(Cl)ccc(F)c1Cl. The summed E-state index contributed by atoms with van der Waals surface area (Å²) in [6.07, 6.45) is 4.02. The molecule has 180 valence electrons. The summed E-state index contributed by atoms with van der Waals surface area (Å²) in [6.45, 7) is 3.34. The lowest BCUT2D eigenvalue weighted by Gasteiger charge is -2.30. The summed E-state index contributed by atoms with van der Waals surface area (Å²) in [7, 11) is 1.61. The van der Waals surface area contributed by atoms with E-state index in [9.17, 15) is 4.39 Å². The molecule has 2 heterocycles. The highest BCUT2D eigenvalue weighted by Crippen LogP contribution is 2.34. The van der Waals surface area contributed by atoms with Crippen LogP contribution in [0.2, 0.25) is 10.0 Å². The quantitative estimate of drug-likeness (QED) is 0.343. The van der Waals surface area contributed by atoms with Crippen molar-refractivity contribution in [3.63, 3.8) is 0 Å². The molecule has 10 heteroatoms. The van der Waals surface area contributed by atoms with E-state index >= 15 is 0 Å². The maximum atomic E-state index is 14.0. The molecule has 0 radical (unpaired) electrons. The van der Waals surface area contributed by atoms with Crippen LogP contribution in [-0.2, 0) is 6.54 Å². The number of benzene rings is 2. The fourth-order valence-electron chi connectivity index (χ4n) is 4.13. The van der Waals surface area contributed by atoms with E-state index in [-0.39, 0.29) is 17.4 Å². The standard InChI is InChI=1S/C24H27Cl2FN6O/c1-34-21-12-15(32-9-2-3-10-32)4-7-19(21)31-22(28)13-20-24(29)30-8-11-33(20)14-16-17(25)5-6-18(27)23(16)26/h4-7,12-13H,2-3,8-11,14H2,1H3,(H2,28,31)(H2,29,30)/b20-13+. The molecule has 2 aromatic carbocycles. The Morgan fingerprint density at radius 1 is 1.21 bits per heavy atom. The Balaban J connectivity index is 1.62. The molecule has 4 rings (SSSR count). The molecule has 0 atom stereocenters. The Labute approximate surface area is 208 Å². The van der Waals surface area contributed by atoms with Crippen molar-refractivity contribution in [3.8, 4) is 5.75 Å². The maximum Gasteiger partial charge on any atom is 0.146 e. The summed E-state index contributed by atoms with van der Waals surface area (Å²) >= 11 is 12.5. The molecular weight excluding hydrogens is 478 g/mol. The number of halogens is 3. The highest BCUT2D eigenvalue weighted by atomic mass is 35.5. The molecule has 34 heavy (non-hydrogen) atoms. The van der Waals surface area contributed by atoms with Crippen LogP contribution in [-0.4, -0.2) is 49.9 Å². The van der Waals surface area contributed by atoms with Gasteiger partial charge in [-0.15, -0.1) is 0 Å². The van der Waals surface area contributed by atoms with Gasteiger partial charge >= 0.3 is 0 Å². The molecule has 1 saturated heterocycles. The van der Waals surface area contributed by atoms with Crippen molar-refractivity contribution in [1.82, 2.24) is 4.90 Å². The van der Waals surface area contributed by atoms with Crippen molar-refractivity contribution in [3.05, 3.63) is 63.5 Å². The first-order valence-corrected chi connectivity index (χ1v) is 11.8. The third kappa shape index (κ3) is 5.23. The predicted molar refractivity (Wildman–Crippen MR) is 137 cm³/mol. The highest BCUT2D eigenvalue weighted by Gasteiger charge is 2.22. The number of nitrogens with two attached hydrogens (primary N) is 2. The molecule has 2 aliphatic heterocycles. The molecule has 0 unspecified atom stereocenters. The van der Waals surface area contributed by atoms with Crippen LogP contribution in [0.4, 0.5) is 15.8 Å². The van der Waals surface area contributed by atoms with Gasteiger partial charge in [-0.05, 0) is 37.1 Å². The van der Waals surface area contributed by atoms with Crippen molar-refractivity contribution in [2.24, 2.45) is 21.5 Å². The highest BCUT2D eigenvalue weighted by molar-refractivity contribution is 6.36. The molecule has 1 fully saturated rings. The number of rotatable bonds is 6. The molecule has 0 aromatic heterocycles. The van der Waals surface area contributed by atoms with Gasteiger partial charge in [0.2, 0.25) is 0 Å². The Hall–Kier alpha value is -2.97. The smallest absolute Gasteiger partial charge is 0.146 e. The number of hydrogen-bond acceptors (Lipinski definition) is 6. The zero-order chi connectivity index (χ0) is 24.2. The van der Waals surface area contributed by atoms with E-state index in [1.165, 1.54) is 25.0 Å². The van der Waals surface area contributed by atoms with Crippen molar-refractivity contribution in [1.29, 1.82) is 0 Å². The Kier molecular flexibility index (Phi) is 7.48. The van der Waals surface area contributed by atoms with E-state index in [1.54, 1.807) is 13.2 Å². The van der Waals surface area contributed by atoms with Gasteiger partial charge in [0.05, 0.1) is 24.4 Å². The molecule has 0 spiro atoms. The number of nitrogens with zero attached hydrogens (tertiary/aromatic N) is 4. The number of aliphatic imine (C=N–C) groups is 2. The van der Waals surface area contributed by atoms with Crippen LogP contribution >= 0.6 is 23.2 Å². The number of anilines is 1. The van der Waals surface area contributed by atoms with Gasteiger partial charge in [-0.25, -0.2) is 9.38 Å². The van der Waals surface area contributed by atoms with E-state index in [2.05, 4.69) is 14.9 Å². The summed E-state index contributed by atoms with van der Waals surface area (Å²) in [4.78, 5) is 13.1. The average Bonchev–Trinajstić information content (AvgIpc) is 3.36. The summed E-state index contributed by atoms with van der Waals surface area (Å²) in [5, 5.41) is 0.355. The Morgan fingerprint density at radius 2 is 1.97 bits per heavy atom. The molecule has 7 nitrogen and oxygen atoms in total. The van der Waals surface area contributed by atoms with Crippen LogP contribution < -0.4 is 21.1 Å². The van der Waals surface area contributed by atoms with Gasteiger partial charge in [0.1, 0.15) is 28.9 Å². The number of hydrogen-bond donors (Lipinski definition) is 2. The van der Waals surface area contributed by atoms with Gasteiger partial charge in [0, 0.05) is 54.6 Å². The fourth-order valence-corrected chi connectivity index (χ4v) is 4.62. The monoisotopic (exact) mass is 504 g/mol. The number of methoxy groups -OCH3 is 1. The number of ether oxygens (including phenoxy) is 1. The second-order valence-electron chi connectivity index (χ2n) is 8.13. The zero-order valence-corrected chi connectivity index (χ0v) is 20.4. The molecule has 0 saturated carbocycles. The van der Waals surface area contributed by atoms with Gasteiger partial charge in [0.15, 0.2) is 0 Å². The average molecular weight is 505 g/mol. The van der Waals surface area contributed by atoms with Crippen molar-refractivity contribution >= 4 is 46.2 Å². The van der Waals surface area contributed by atoms with Gasteiger partial charge in [-0.1, -0.05) is 23.2 Å². The largest absolute Gasteiger partial charge is 0.494 e. The molecule has 0 amide bonds. The van der Waals surface area contributed by atoms with E-state index in [4.69, 9.17) is 39.4 Å². The molecule has 2 aromatic rings. The third-order valence-electron chi connectivity index (χ3n) is 5.91. The van der Waals surface area contributed by atoms with Gasteiger partial charge in [-0.3, -0.25) is 4.99 Å². The fraction of sp³-hybridized carbons (Fsp3) is 0.333. The zero-order valence-electron chi connectivity index (χ0n) is 18.9. The van der Waals surface area contributed by atoms with Crippen LogP contribution in [0.3, 0.4) is 0 Å². The molecule has 2 aliphatic rings. The lowest BCUT2D eigenvalue weighted by Crippen LogP contribution is -2.38. The predicted octanol–water partition coefficient (Wildman–Crippen LogP) is 4.49. The van der Waals surface area contributed by atoms with Crippen LogP contribution in [0, 0.1) is 5.82 Å². The minimum absolute atomic E-state index is 0.0163. The van der Waals surface area contributed by atoms with Crippen LogP contribution in [0.1, 0.15) is 18.4 Å². The summed E-state index contributed by atoms with van der Waals surface area (Å²) < 4.78 is 19.6. The van der Waals surface area contributed by atoms with Crippen LogP contribution in [0.15, 0.2) is 52.1 Å². The first-order valence-electron chi connectivity index (χ1n) is 11.0. The summed E-state index contributed by atoms with van der Waals surface area (Å²) in [5.74, 6) is 0.634. The first-order chi connectivity index (χ1) is 16.4. The lowest BCUT2D eigenvalue weighted by molar-refractivity contribution is 0.352. The summed E-state index contributed by atoms with van der Waals surface area (Å²) in [5.41, 5.74) is 15.2. The van der Waals surface area contributed by atoms with Crippen molar-refractivity contribution in [2.75, 3.05) is 38.2 Å². The van der Waals surface area contributed by atoms with Gasteiger partial charge in [0.25, 0.3) is 0 Å². The topological polar surface area (TPSA) is 92.5 Å². The minimum Gasteiger partial charge on any atom is -0.494 e. The van der Waals surface area contributed by atoms with E-state index in [0.29, 0.717) is 46.6 Å². The molecule has 0 bridgehead atoms. The second kappa shape index (κ2) is 10.5. The van der Waals surface area contributed by atoms with Crippen LogP contribution in [0.5, 0.6) is 5.75 Å². The molecule has 0 aliphatic carbocycles.